The zero-order valence-corrected chi connectivity index (χ0v) is 9.18. The lowest BCUT2D eigenvalue weighted by Crippen LogP contribution is -1.94. The molecule has 1 aromatic carbocycles. The Kier molecular flexibility index (Phi) is 2.95. The summed E-state index contributed by atoms with van der Waals surface area (Å²) in [4.78, 5) is 11.0. The molecule has 12 heavy (non-hydrogen) atoms. The van der Waals surface area contributed by atoms with E-state index in [1.807, 2.05) is 22.6 Å². The van der Waals surface area contributed by atoms with Gasteiger partial charge in [0.2, 0.25) is 0 Å². The molecule has 64 valence electrons. The topological polar surface area (TPSA) is 37.3 Å². The summed E-state index contributed by atoms with van der Waals surface area (Å²) >= 11 is 7.79. The first-order valence-corrected chi connectivity index (χ1v) is 4.67. The highest BCUT2D eigenvalue weighted by Gasteiger charge is 2.09. The van der Waals surface area contributed by atoms with E-state index in [0.717, 1.165) is 0 Å². The van der Waals surface area contributed by atoms with E-state index >= 15 is 0 Å². The standard InChI is InChI=1S/C8H6ClIO2/c1-4(11)6-2-5(12)3-7(10)8(6)9/h2-3,12H,1H3. The zero-order valence-electron chi connectivity index (χ0n) is 6.27. The molecule has 0 spiro atoms. The van der Waals surface area contributed by atoms with E-state index < -0.39 is 0 Å². The second kappa shape index (κ2) is 3.62. The lowest BCUT2D eigenvalue weighted by Gasteiger charge is -2.02. The molecule has 0 saturated heterocycles. The minimum absolute atomic E-state index is 0.0639. The van der Waals surface area contributed by atoms with Crippen LogP contribution in [0.5, 0.6) is 5.75 Å². The molecule has 0 fully saturated rings. The first-order valence-electron chi connectivity index (χ1n) is 3.21. The molecule has 0 atom stereocenters. The maximum Gasteiger partial charge on any atom is 0.161 e. The Bertz CT molecular complexity index is 336. The fourth-order valence-corrected chi connectivity index (χ4v) is 1.68. The van der Waals surface area contributed by atoms with Crippen LogP contribution in [-0.2, 0) is 0 Å². The number of Topliss-reactive ketones (excluding diaryl/α,β-unsaturated/α-hetero) is 1. The Hall–Kier alpha value is -0.290. The van der Waals surface area contributed by atoms with E-state index in [0.29, 0.717) is 14.2 Å². The monoisotopic (exact) mass is 296 g/mol. The number of hydrogen-bond donors (Lipinski definition) is 1. The Balaban J connectivity index is 3.37. The van der Waals surface area contributed by atoms with E-state index in [2.05, 4.69) is 0 Å². The van der Waals surface area contributed by atoms with Gasteiger partial charge in [-0.2, -0.15) is 0 Å². The summed E-state index contributed by atoms with van der Waals surface area (Å²) in [5, 5.41) is 9.56. The van der Waals surface area contributed by atoms with Crippen molar-refractivity contribution in [3.05, 3.63) is 26.3 Å². The van der Waals surface area contributed by atoms with Gasteiger partial charge in [0.25, 0.3) is 0 Å². The normalized spacial score (nSPS) is 9.92. The molecule has 1 N–H and O–H groups in total. The molecular weight excluding hydrogens is 290 g/mol. The van der Waals surface area contributed by atoms with Crippen LogP contribution in [0.1, 0.15) is 17.3 Å². The summed E-state index contributed by atoms with van der Waals surface area (Å²) in [6, 6.07) is 2.88. The zero-order chi connectivity index (χ0) is 9.30. The Morgan fingerprint density at radius 3 is 2.67 bits per heavy atom. The lowest BCUT2D eigenvalue weighted by molar-refractivity contribution is 0.101. The molecule has 2 nitrogen and oxygen atoms in total. The number of halogens is 2. The highest BCUT2D eigenvalue weighted by Crippen LogP contribution is 2.27. The Morgan fingerprint density at radius 1 is 1.58 bits per heavy atom. The molecule has 0 unspecified atom stereocenters. The quantitative estimate of drug-likeness (QED) is 0.639. The first kappa shape index (κ1) is 9.80. The fourth-order valence-electron chi connectivity index (χ4n) is 0.831. The largest absolute Gasteiger partial charge is 0.508 e. The Labute approximate surface area is 88.7 Å². The molecule has 0 heterocycles. The molecule has 0 radical (unpaired) electrons. The Morgan fingerprint density at radius 2 is 2.17 bits per heavy atom. The van der Waals surface area contributed by atoms with Gasteiger partial charge < -0.3 is 5.11 Å². The predicted molar refractivity (Wildman–Crippen MR) is 55.8 cm³/mol. The van der Waals surface area contributed by atoms with Crippen molar-refractivity contribution in [2.75, 3.05) is 0 Å². The number of carbonyl (C=O) groups excluding carboxylic acids is 1. The van der Waals surface area contributed by atoms with Gasteiger partial charge in [-0.1, -0.05) is 11.6 Å². The highest BCUT2D eigenvalue weighted by atomic mass is 127. The van der Waals surface area contributed by atoms with Crippen molar-refractivity contribution in [1.29, 1.82) is 0 Å². The summed E-state index contributed by atoms with van der Waals surface area (Å²) in [6.45, 7) is 1.41. The average Bonchev–Trinajstić information content (AvgIpc) is 1.96. The van der Waals surface area contributed by atoms with Crippen LogP contribution in [0, 0.1) is 3.57 Å². The van der Waals surface area contributed by atoms with Crippen molar-refractivity contribution >= 4 is 40.0 Å². The summed E-state index contributed by atoms with van der Waals surface area (Å²) in [6.07, 6.45) is 0. The van der Waals surface area contributed by atoms with Crippen molar-refractivity contribution in [2.24, 2.45) is 0 Å². The molecule has 0 aliphatic rings. The van der Waals surface area contributed by atoms with Gasteiger partial charge in [-0.25, -0.2) is 0 Å². The second-order valence-corrected chi connectivity index (χ2v) is 3.89. The maximum absolute atomic E-state index is 11.0. The minimum atomic E-state index is -0.145. The molecule has 0 aromatic heterocycles. The van der Waals surface area contributed by atoms with Crippen LogP contribution in [-0.4, -0.2) is 10.9 Å². The third-order valence-electron chi connectivity index (χ3n) is 1.39. The second-order valence-electron chi connectivity index (χ2n) is 2.35. The van der Waals surface area contributed by atoms with Crippen LogP contribution >= 0.6 is 34.2 Å². The molecule has 0 aliphatic heterocycles. The molecule has 0 aliphatic carbocycles. The lowest BCUT2D eigenvalue weighted by atomic mass is 10.1. The number of phenols is 1. The van der Waals surface area contributed by atoms with Gasteiger partial charge in [0.05, 0.1) is 5.02 Å². The summed E-state index contributed by atoms with van der Waals surface area (Å²) in [7, 11) is 0. The van der Waals surface area contributed by atoms with Gasteiger partial charge in [0.15, 0.2) is 5.78 Å². The van der Waals surface area contributed by atoms with Crippen molar-refractivity contribution < 1.29 is 9.90 Å². The number of carbonyl (C=O) groups is 1. The van der Waals surface area contributed by atoms with Gasteiger partial charge in [-0.05, 0) is 41.6 Å². The highest BCUT2D eigenvalue weighted by molar-refractivity contribution is 14.1. The van der Waals surface area contributed by atoms with Crippen LogP contribution < -0.4 is 0 Å². The van der Waals surface area contributed by atoms with E-state index in [9.17, 15) is 4.79 Å². The van der Waals surface area contributed by atoms with Crippen molar-refractivity contribution in [3.63, 3.8) is 0 Å². The number of aromatic hydroxyl groups is 1. The van der Waals surface area contributed by atoms with Gasteiger partial charge in [0, 0.05) is 9.13 Å². The fraction of sp³-hybridized carbons (Fsp3) is 0.125. The summed E-state index contributed by atoms with van der Waals surface area (Å²) in [5.74, 6) is -0.0807. The van der Waals surface area contributed by atoms with Gasteiger partial charge in [-0.3, -0.25) is 4.79 Å². The first-order chi connectivity index (χ1) is 5.52. The van der Waals surface area contributed by atoms with Gasteiger partial charge in [-0.15, -0.1) is 0 Å². The van der Waals surface area contributed by atoms with Gasteiger partial charge in [0.1, 0.15) is 5.75 Å². The molecule has 0 amide bonds. The van der Waals surface area contributed by atoms with Crippen LogP contribution in [0.2, 0.25) is 5.02 Å². The van der Waals surface area contributed by atoms with Gasteiger partial charge >= 0.3 is 0 Å². The number of ketones is 1. The predicted octanol–water partition coefficient (Wildman–Crippen LogP) is 2.85. The molecule has 0 saturated carbocycles. The number of hydrogen-bond acceptors (Lipinski definition) is 2. The summed E-state index contributed by atoms with van der Waals surface area (Å²) in [5.41, 5.74) is 0.362. The maximum atomic E-state index is 11.0. The van der Waals surface area contributed by atoms with E-state index in [1.54, 1.807) is 0 Å². The van der Waals surface area contributed by atoms with E-state index in [1.165, 1.54) is 19.1 Å². The average molecular weight is 296 g/mol. The molecular formula is C8H6ClIO2. The molecule has 0 bridgehead atoms. The van der Waals surface area contributed by atoms with E-state index in [-0.39, 0.29) is 11.5 Å². The van der Waals surface area contributed by atoms with Crippen LogP contribution in [0.25, 0.3) is 0 Å². The van der Waals surface area contributed by atoms with Crippen molar-refractivity contribution in [2.45, 2.75) is 6.92 Å². The third kappa shape index (κ3) is 1.90. The number of phenolic OH excluding ortho intramolecular Hbond substituents is 1. The SMILES string of the molecule is CC(=O)c1cc(O)cc(I)c1Cl. The van der Waals surface area contributed by atoms with E-state index in [4.69, 9.17) is 16.7 Å². The van der Waals surface area contributed by atoms with Crippen molar-refractivity contribution in [1.82, 2.24) is 0 Å². The summed E-state index contributed by atoms with van der Waals surface area (Å²) < 4.78 is 0.680. The van der Waals surface area contributed by atoms with Crippen LogP contribution in [0.3, 0.4) is 0 Å². The minimum Gasteiger partial charge on any atom is -0.508 e. The van der Waals surface area contributed by atoms with Crippen molar-refractivity contribution in [3.8, 4) is 5.75 Å². The smallest absolute Gasteiger partial charge is 0.161 e. The molecule has 1 aromatic rings. The number of rotatable bonds is 1. The molecule has 1 rings (SSSR count). The molecule has 4 heteroatoms. The third-order valence-corrected chi connectivity index (χ3v) is 2.97. The van der Waals surface area contributed by atoms with Crippen LogP contribution in [0.4, 0.5) is 0 Å². The van der Waals surface area contributed by atoms with Crippen LogP contribution in [0.15, 0.2) is 12.1 Å². The number of benzene rings is 1.